The van der Waals surface area contributed by atoms with Gasteiger partial charge >= 0.3 is 0 Å². The zero-order valence-electron chi connectivity index (χ0n) is 13.5. The molecular weight excluding hydrogens is 254 g/mol. The first-order chi connectivity index (χ1) is 8.84. The van der Waals surface area contributed by atoms with Gasteiger partial charge in [-0.15, -0.1) is 0 Å². The van der Waals surface area contributed by atoms with Crippen LogP contribution in [-0.2, 0) is 0 Å². The van der Waals surface area contributed by atoms with Crippen LogP contribution in [0.1, 0.15) is 48.0 Å². The van der Waals surface area contributed by atoms with E-state index in [4.69, 9.17) is 0 Å². The van der Waals surface area contributed by atoms with Gasteiger partial charge in [0.25, 0.3) is 0 Å². The maximum atomic E-state index is 4.65. The molecule has 19 heavy (non-hydrogen) atoms. The van der Waals surface area contributed by atoms with Crippen molar-refractivity contribution >= 4 is 16.9 Å². The first-order valence-electron chi connectivity index (χ1n) is 7.54. The Bertz CT molecular complexity index is 292. The summed E-state index contributed by atoms with van der Waals surface area (Å²) in [6.07, 6.45) is 1.23. The lowest BCUT2D eigenvalue weighted by Gasteiger charge is -2.24. The minimum absolute atomic E-state index is 0.398. The van der Waals surface area contributed by atoms with Crippen LogP contribution in [-0.4, -0.2) is 47.5 Å². The molecule has 0 radical (unpaired) electrons. The average molecular weight is 286 g/mol. The SMILES string of the molecule is CCN(CC)CC(C)NC1=NCC(CC(C)(C)C)S1. The molecule has 1 heterocycles. The van der Waals surface area contributed by atoms with Gasteiger partial charge in [0.1, 0.15) is 0 Å². The third kappa shape index (κ3) is 6.66. The molecule has 0 amide bonds. The highest BCUT2D eigenvalue weighted by Gasteiger charge is 2.25. The van der Waals surface area contributed by atoms with Crippen molar-refractivity contribution in [2.45, 2.75) is 59.3 Å². The van der Waals surface area contributed by atoms with E-state index in [0.717, 1.165) is 31.3 Å². The van der Waals surface area contributed by atoms with Gasteiger partial charge in [-0.1, -0.05) is 46.4 Å². The molecule has 2 unspecified atom stereocenters. The van der Waals surface area contributed by atoms with Crippen molar-refractivity contribution in [3.05, 3.63) is 0 Å². The van der Waals surface area contributed by atoms with Crippen molar-refractivity contribution in [2.24, 2.45) is 10.4 Å². The predicted octanol–water partition coefficient (Wildman–Crippen LogP) is 3.21. The summed E-state index contributed by atoms with van der Waals surface area (Å²) < 4.78 is 0. The summed E-state index contributed by atoms with van der Waals surface area (Å²) in [6, 6.07) is 0.472. The van der Waals surface area contributed by atoms with Gasteiger partial charge in [-0.2, -0.15) is 0 Å². The normalized spacial score (nSPS) is 21.6. The minimum atomic E-state index is 0.398. The van der Waals surface area contributed by atoms with Crippen LogP contribution in [0.2, 0.25) is 0 Å². The fraction of sp³-hybridized carbons (Fsp3) is 0.933. The number of thioether (sulfide) groups is 1. The lowest BCUT2D eigenvalue weighted by atomic mass is 9.90. The van der Waals surface area contributed by atoms with Crippen LogP contribution in [0.25, 0.3) is 0 Å². The number of hydrogen-bond donors (Lipinski definition) is 1. The monoisotopic (exact) mass is 285 g/mol. The first kappa shape index (κ1) is 16.8. The summed E-state index contributed by atoms with van der Waals surface area (Å²) in [7, 11) is 0. The van der Waals surface area contributed by atoms with Crippen LogP contribution >= 0.6 is 11.8 Å². The van der Waals surface area contributed by atoms with E-state index in [1.807, 2.05) is 11.8 Å². The maximum Gasteiger partial charge on any atom is 0.157 e. The molecule has 112 valence electrons. The summed E-state index contributed by atoms with van der Waals surface area (Å²) in [5.74, 6) is 0. The molecule has 0 fully saturated rings. The van der Waals surface area contributed by atoms with Crippen molar-refractivity contribution in [1.29, 1.82) is 0 Å². The quantitative estimate of drug-likeness (QED) is 0.812. The molecule has 3 nitrogen and oxygen atoms in total. The molecule has 1 aliphatic rings. The summed E-state index contributed by atoms with van der Waals surface area (Å²) in [5.41, 5.74) is 0.398. The van der Waals surface area contributed by atoms with Gasteiger partial charge in [0.2, 0.25) is 0 Å². The molecule has 2 atom stereocenters. The van der Waals surface area contributed by atoms with Crippen molar-refractivity contribution < 1.29 is 0 Å². The summed E-state index contributed by atoms with van der Waals surface area (Å²) in [6.45, 7) is 17.9. The second-order valence-electron chi connectivity index (χ2n) is 6.68. The third-order valence-electron chi connectivity index (χ3n) is 3.35. The molecule has 0 aromatic rings. The molecule has 0 aliphatic carbocycles. The third-order valence-corrected chi connectivity index (χ3v) is 4.47. The molecule has 0 saturated heterocycles. The molecular formula is C15H31N3S. The van der Waals surface area contributed by atoms with E-state index in [0.29, 0.717) is 16.7 Å². The number of hydrogen-bond acceptors (Lipinski definition) is 4. The maximum absolute atomic E-state index is 4.65. The van der Waals surface area contributed by atoms with E-state index < -0.39 is 0 Å². The Morgan fingerprint density at radius 3 is 2.53 bits per heavy atom. The Morgan fingerprint density at radius 2 is 2.00 bits per heavy atom. The number of rotatable bonds is 6. The molecule has 0 spiro atoms. The highest BCUT2D eigenvalue weighted by molar-refractivity contribution is 8.14. The van der Waals surface area contributed by atoms with Crippen LogP contribution in [0.4, 0.5) is 0 Å². The Morgan fingerprint density at radius 1 is 1.37 bits per heavy atom. The topological polar surface area (TPSA) is 27.6 Å². The van der Waals surface area contributed by atoms with Crippen LogP contribution in [0, 0.1) is 5.41 Å². The van der Waals surface area contributed by atoms with Crippen molar-refractivity contribution in [3.63, 3.8) is 0 Å². The Balaban J connectivity index is 2.31. The number of likely N-dealkylation sites (N-methyl/N-ethyl adjacent to an activating group) is 1. The van der Waals surface area contributed by atoms with Crippen molar-refractivity contribution in [1.82, 2.24) is 10.2 Å². The summed E-state index contributed by atoms with van der Waals surface area (Å²) >= 11 is 1.93. The van der Waals surface area contributed by atoms with Crippen LogP contribution in [0.15, 0.2) is 4.99 Å². The fourth-order valence-corrected chi connectivity index (χ4v) is 3.88. The number of amidine groups is 1. The van der Waals surface area contributed by atoms with E-state index in [2.05, 4.69) is 56.8 Å². The number of aliphatic imine (C=N–C) groups is 1. The Hall–Kier alpha value is -0.220. The second kappa shape index (κ2) is 7.53. The molecule has 1 N–H and O–H groups in total. The van der Waals surface area contributed by atoms with Crippen molar-refractivity contribution in [2.75, 3.05) is 26.2 Å². The molecule has 0 aromatic heterocycles. The minimum Gasteiger partial charge on any atom is -0.361 e. The Kier molecular flexibility index (Phi) is 6.67. The molecule has 0 aromatic carbocycles. The van der Waals surface area contributed by atoms with Gasteiger partial charge in [0, 0.05) is 17.8 Å². The number of nitrogens with zero attached hydrogens (tertiary/aromatic N) is 2. The number of nitrogens with one attached hydrogen (secondary N) is 1. The average Bonchev–Trinajstić information content (AvgIpc) is 2.70. The van der Waals surface area contributed by atoms with E-state index in [1.165, 1.54) is 6.42 Å². The van der Waals surface area contributed by atoms with E-state index in [-0.39, 0.29) is 0 Å². The van der Waals surface area contributed by atoms with E-state index in [1.54, 1.807) is 0 Å². The second-order valence-corrected chi connectivity index (χ2v) is 7.97. The smallest absolute Gasteiger partial charge is 0.157 e. The van der Waals surface area contributed by atoms with Gasteiger partial charge in [-0.05, 0) is 31.8 Å². The molecule has 0 bridgehead atoms. The van der Waals surface area contributed by atoms with Crippen LogP contribution < -0.4 is 5.32 Å². The standard InChI is InChI=1S/C15H31N3S/c1-7-18(8-2)11-12(3)17-14-16-10-13(19-14)9-15(4,5)6/h12-13H,7-11H2,1-6H3,(H,16,17). The lowest BCUT2D eigenvalue weighted by molar-refractivity contribution is 0.282. The van der Waals surface area contributed by atoms with Crippen LogP contribution in [0.5, 0.6) is 0 Å². The van der Waals surface area contributed by atoms with Gasteiger partial charge in [-0.25, -0.2) is 0 Å². The largest absolute Gasteiger partial charge is 0.361 e. The highest BCUT2D eigenvalue weighted by Crippen LogP contribution is 2.31. The van der Waals surface area contributed by atoms with Crippen LogP contribution in [0.3, 0.4) is 0 Å². The summed E-state index contributed by atoms with van der Waals surface area (Å²) in [4.78, 5) is 7.10. The molecule has 4 heteroatoms. The van der Waals surface area contributed by atoms with Gasteiger partial charge in [0.05, 0.1) is 6.54 Å². The Labute approximate surface area is 123 Å². The van der Waals surface area contributed by atoms with Gasteiger partial charge < -0.3 is 10.2 Å². The zero-order valence-corrected chi connectivity index (χ0v) is 14.3. The predicted molar refractivity (Wildman–Crippen MR) is 88.1 cm³/mol. The van der Waals surface area contributed by atoms with Crippen molar-refractivity contribution in [3.8, 4) is 0 Å². The fourth-order valence-electron chi connectivity index (χ4n) is 2.41. The lowest BCUT2D eigenvalue weighted by Crippen LogP contribution is -2.40. The van der Waals surface area contributed by atoms with E-state index in [9.17, 15) is 0 Å². The first-order valence-corrected chi connectivity index (χ1v) is 8.42. The van der Waals surface area contributed by atoms with E-state index >= 15 is 0 Å². The zero-order chi connectivity index (χ0) is 14.5. The molecule has 1 aliphatic heterocycles. The van der Waals surface area contributed by atoms with Gasteiger partial charge in [-0.3, -0.25) is 4.99 Å². The molecule has 0 saturated carbocycles. The van der Waals surface area contributed by atoms with Gasteiger partial charge in [0.15, 0.2) is 5.17 Å². The molecule has 1 rings (SSSR count). The highest BCUT2D eigenvalue weighted by atomic mass is 32.2. The summed E-state index contributed by atoms with van der Waals surface area (Å²) in [5, 5.41) is 5.37.